The molecule has 1 unspecified atom stereocenters. The van der Waals surface area contributed by atoms with Crippen LogP contribution in [0.1, 0.15) is 49.4 Å². The summed E-state index contributed by atoms with van der Waals surface area (Å²) in [6.07, 6.45) is 5.76. The van der Waals surface area contributed by atoms with Crippen LogP contribution in [0.3, 0.4) is 0 Å². The van der Waals surface area contributed by atoms with E-state index >= 15 is 0 Å². The fourth-order valence-corrected chi connectivity index (χ4v) is 5.16. The van der Waals surface area contributed by atoms with Crippen molar-refractivity contribution in [1.29, 1.82) is 0 Å². The van der Waals surface area contributed by atoms with Crippen LogP contribution in [-0.4, -0.2) is 43.3 Å². The van der Waals surface area contributed by atoms with Crippen LogP contribution < -0.4 is 10.1 Å². The van der Waals surface area contributed by atoms with Crippen molar-refractivity contribution in [2.24, 2.45) is 11.3 Å². The number of piperidine rings is 3. The minimum absolute atomic E-state index is 0.0195. The summed E-state index contributed by atoms with van der Waals surface area (Å²) in [6.45, 7) is 7.76. The predicted molar refractivity (Wildman–Crippen MR) is 126 cm³/mol. The molecule has 33 heavy (non-hydrogen) atoms. The van der Waals surface area contributed by atoms with Gasteiger partial charge in [0.15, 0.2) is 0 Å². The number of fused-ring (bicyclic) bond motifs is 4. The molecule has 4 aliphatic heterocycles. The van der Waals surface area contributed by atoms with Gasteiger partial charge < -0.3 is 14.8 Å². The van der Waals surface area contributed by atoms with Crippen LogP contribution in [0, 0.1) is 17.2 Å². The molecule has 1 N–H and O–H groups in total. The SMILES string of the molecule is CC1(C)COc2cc(/C=C/c3ccc(F)cc3)ccc2C1NC(=O)O[C@@H]1CN2CCC1CC2. The van der Waals surface area contributed by atoms with Crippen molar-refractivity contribution >= 4 is 18.2 Å². The second-order valence-electron chi connectivity index (χ2n) is 10.1. The zero-order valence-electron chi connectivity index (χ0n) is 19.2. The van der Waals surface area contributed by atoms with E-state index in [9.17, 15) is 9.18 Å². The molecule has 4 aliphatic rings. The largest absolute Gasteiger partial charge is 0.493 e. The summed E-state index contributed by atoms with van der Waals surface area (Å²) >= 11 is 0. The van der Waals surface area contributed by atoms with Crippen molar-refractivity contribution in [3.8, 4) is 5.75 Å². The number of halogens is 1. The van der Waals surface area contributed by atoms with Crippen LogP contribution in [-0.2, 0) is 4.74 Å². The summed E-state index contributed by atoms with van der Waals surface area (Å²) in [7, 11) is 0. The smallest absolute Gasteiger partial charge is 0.407 e. The van der Waals surface area contributed by atoms with Gasteiger partial charge in [-0.3, -0.25) is 4.90 Å². The molecule has 1 amide bonds. The number of amides is 1. The van der Waals surface area contributed by atoms with E-state index in [2.05, 4.69) is 24.1 Å². The highest BCUT2D eigenvalue weighted by molar-refractivity contribution is 5.72. The maximum absolute atomic E-state index is 13.1. The van der Waals surface area contributed by atoms with Crippen molar-refractivity contribution in [2.75, 3.05) is 26.2 Å². The Balaban J connectivity index is 1.30. The number of alkyl carbamates (subject to hydrolysis) is 1. The topological polar surface area (TPSA) is 50.8 Å². The van der Waals surface area contributed by atoms with E-state index in [1.54, 1.807) is 12.1 Å². The third-order valence-electron chi connectivity index (χ3n) is 7.18. The fourth-order valence-electron chi connectivity index (χ4n) is 5.16. The summed E-state index contributed by atoms with van der Waals surface area (Å²) in [5.41, 5.74) is 2.58. The highest BCUT2D eigenvalue weighted by atomic mass is 19.1. The number of hydrogen-bond donors (Lipinski definition) is 1. The van der Waals surface area contributed by atoms with Crippen molar-refractivity contribution in [3.63, 3.8) is 0 Å². The number of nitrogens with one attached hydrogen (secondary N) is 1. The molecule has 6 rings (SSSR count). The third-order valence-corrected chi connectivity index (χ3v) is 7.18. The highest BCUT2D eigenvalue weighted by Gasteiger charge is 2.41. The number of rotatable bonds is 4. The highest BCUT2D eigenvalue weighted by Crippen LogP contribution is 2.43. The Hall–Kier alpha value is -2.86. The first kappa shape index (κ1) is 22.0. The molecule has 0 aliphatic carbocycles. The Morgan fingerprint density at radius 2 is 1.82 bits per heavy atom. The monoisotopic (exact) mass is 450 g/mol. The normalized spacial score (nSPS) is 27.6. The average Bonchev–Trinajstić information content (AvgIpc) is 2.81. The lowest BCUT2D eigenvalue weighted by Crippen LogP contribution is -2.53. The van der Waals surface area contributed by atoms with Crippen LogP contribution in [0.25, 0.3) is 12.2 Å². The molecular formula is C27H31FN2O3. The lowest BCUT2D eigenvalue weighted by Gasteiger charge is -2.44. The van der Waals surface area contributed by atoms with Crippen molar-refractivity contribution in [1.82, 2.24) is 10.2 Å². The van der Waals surface area contributed by atoms with Crippen LogP contribution in [0.4, 0.5) is 9.18 Å². The van der Waals surface area contributed by atoms with Gasteiger partial charge in [-0.1, -0.05) is 50.3 Å². The summed E-state index contributed by atoms with van der Waals surface area (Å²) in [5.74, 6) is 0.998. The molecule has 0 radical (unpaired) electrons. The van der Waals surface area contributed by atoms with Gasteiger partial charge in [0, 0.05) is 17.5 Å². The van der Waals surface area contributed by atoms with E-state index in [0.29, 0.717) is 12.5 Å². The molecule has 6 heteroatoms. The van der Waals surface area contributed by atoms with Gasteiger partial charge in [0.05, 0.1) is 12.6 Å². The quantitative estimate of drug-likeness (QED) is 0.645. The minimum atomic E-state index is -0.347. The molecule has 2 aromatic rings. The Morgan fingerprint density at radius 1 is 1.12 bits per heavy atom. The van der Waals surface area contributed by atoms with Gasteiger partial charge in [-0.15, -0.1) is 0 Å². The summed E-state index contributed by atoms with van der Waals surface area (Å²) < 4.78 is 25.1. The van der Waals surface area contributed by atoms with Crippen LogP contribution >= 0.6 is 0 Å². The number of carbonyl (C=O) groups is 1. The van der Waals surface area contributed by atoms with E-state index in [1.807, 2.05) is 30.4 Å². The van der Waals surface area contributed by atoms with Crippen molar-refractivity contribution in [2.45, 2.75) is 38.8 Å². The van der Waals surface area contributed by atoms with E-state index in [0.717, 1.165) is 54.9 Å². The second-order valence-corrected chi connectivity index (χ2v) is 10.1. The second kappa shape index (κ2) is 8.82. The molecule has 3 saturated heterocycles. The molecular weight excluding hydrogens is 419 g/mol. The van der Waals surface area contributed by atoms with E-state index in [4.69, 9.17) is 9.47 Å². The van der Waals surface area contributed by atoms with Crippen LogP contribution in [0.15, 0.2) is 42.5 Å². The molecule has 5 nitrogen and oxygen atoms in total. The molecule has 2 atom stereocenters. The predicted octanol–water partition coefficient (Wildman–Crippen LogP) is 5.28. The zero-order chi connectivity index (χ0) is 23.0. The number of hydrogen-bond acceptors (Lipinski definition) is 4. The Labute approximate surface area is 194 Å². The Morgan fingerprint density at radius 3 is 2.52 bits per heavy atom. The first-order chi connectivity index (χ1) is 15.9. The standard InChI is InChI=1S/C27H31FN2O3/c1-27(2)17-32-23-15-19(4-3-18-5-8-21(28)9-6-18)7-10-22(23)25(27)29-26(31)33-24-16-30-13-11-20(24)12-14-30/h3-10,15,20,24-25H,11-14,16-17H2,1-2H3,(H,29,31)/b4-3+/t24-,25?/m1/s1. The van der Waals surface area contributed by atoms with E-state index in [1.165, 1.54) is 12.1 Å². The number of ether oxygens (including phenoxy) is 2. The zero-order valence-corrected chi connectivity index (χ0v) is 19.2. The Bertz CT molecular complexity index is 1040. The maximum atomic E-state index is 13.1. The van der Waals surface area contributed by atoms with Crippen LogP contribution in [0.2, 0.25) is 0 Å². The first-order valence-corrected chi connectivity index (χ1v) is 11.8. The fraction of sp³-hybridized carbons (Fsp3) is 0.444. The molecule has 4 heterocycles. The Kier molecular flexibility index (Phi) is 5.87. The van der Waals surface area contributed by atoms with Gasteiger partial charge in [-0.2, -0.15) is 0 Å². The number of benzene rings is 2. The molecule has 2 bridgehead atoms. The summed E-state index contributed by atoms with van der Waals surface area (Å²) in [5, 5.41) is 3.14. The minimum Gasteiger partial charge on any atom is -0.493 e. The lowest BCUT2D eigenvalue weighted by molar-refractivity contribution is -0.0361. The number of carbonyl (C=O) groups excluding carboxylic acids is 1. The van der Waals surface area contributed by atoms with Crippen molar-refractivity contribution in [3.05, 3.63) is 65.0 Å². The molecule has 2 aromatic carbocycles. The van der Waals surface area contributed by atoms with Gasteiger partial charge in [0.1, 0.15) is 17.7 Å². The lowest BCUT2D eigenvalue weighted by atomic mass is 9.79. The molecule has 174 valence electrons. The van der Waals surface area contributed by atoms with Crippen molar-refractivity contribution < 1.29 is 18.7 Å². The van der Waals surface area contributed by atoms with Gasteiger partial charge in [0.25, 0.3) is 0 Å². The van der Waals surface area contributed by atoms with Gasteiger partial charge in [-0.25, -0.2) is 9.18 Å². The van der Waals surface area contributed by atoms with Gasteiger partial charge >= 0.3 is 6.09 Å². The molecule has 0 saturated carbocycles. The van der Waals surface area contributed by atoms with Gasteiger partial charge in [0.2, 0.25) is 0 Å². The first-order valence-electron chi connectivity index (χ1n) is 11.8. The molecule has 3 fully saturated rings. The molecule has 0 spiro atoms. The van der Waals surface area contributed by atoms with Crippen LogP contribution in [0.5, 0.6) is 5.75 Å². The average molecular weight is 451 g/mol. The number of nitrogens with zero attached hydrogens (tertiary/aromatic N) is 1. The summed E-state index contributed by atoms with van der Waals surface area (Å²) in [4.78, 5) is 15.3. The van der Waals surface area contributed by atoms with E-state index < -0.39 is 0 Å². The maximum Gasteiger partial charge on any atom is 0.407 e. The molecule has 0 aromatic heterocycles. The van der Waals surface area contributed by atoms with Gasteiger partial charge in [-0.05, 0) is 61.2 Å². The summed E-state index contributed by atoms with van der Waals surface area (Å²) in [6, 6.07) is 12.2. The van der Waals surface area contributed by atoms with E-state index in [-0.39, 0.29) is 29.5 Å². The third kappa shape index (κ3) is 4.76.